The molecule has 5 heteroatoms. The lowest BCUT2D eigenvalue weighted by atomic mass is 10.2. The quantitative estimate of drug-likeness (QED) is 0.679. The lowest BCUT2D eigenvalue weighted by Gasteiger charge is -2.11. The molecule has 1 atom stereocenters. The Hall–Kier alpha value is -1.62. The Morgan fingerprint density at radius 2 is 2.31 bits per heavy atom. The van der Waals surface area contributed by atoms with Gasteiger partial charge in [0.25, 0.3) is 0 Å². The number of anilines is 1. The van der Waals surface area contributed by atoms with Crippen LogP contribution in [0, 0.1) is 0 Å². The molecule has 0 saturated heterocycles. The Labute approximate surface area is 94.1 Å². The Balaban J connectivity index is 2.54. The van der Waals surface area contributed by atoms with E-state index >= 15 is 0 Å². The number of pyridine rings is 1. The molecule has 5 nitrogen and oxygen atoms in total. The zero-order valence-corrected chi connectivity index (χ0v) is 9.18. The Morgan fingerprint density at radius 3 is 2.94 bits per heavy atom. The number of aromatic nitrogens is 1. The highest BCUT2D eigenvalue weighted by molar-refractivity contribution is 5.85. The predicted octanol–water partition coefficient (Wildman–Crippen LogP) is 1.35. The molecule has 1 aromatic heterocycles. The summed E-state index contributed by atoms with van der Waals surface area (Å²) in [6, 6.07) is 4.71. The number of carboxylic acid groups (broad SMARTS) is 1. The van der Waals surface area contributed by atoms with Crippen molar-refractivity contribution in [1.29, 1.82) is 0 Å². The third-order valence-electron chi connectivity index (χ3n) is 2.11. The molecule has 0 saturated carbocycles. The largest absolute Gasteiger partial charge is 0.477 e. The zero-order chi connectivity index (χ0) is 12.0. The maximum Gasteiger partial charge on any atom is 0.354 e. The Kier molecular flexibility index (Phi) is 4.72. The summed E-state index contributed by atoms with van der Waals surface area (Å²) in [5, 5.41) is 21.1. The lowest BCUT2D eigenvalue weighted by Crippen LogP contribution is -2.19. The van der Waals surface area contributed by atoms with Crippen LogP contribution < -0.4 is 5.32 Å². The number of aliphatic hydroxyl groups excluding tert-OH is 1. The second-order valence-electron chi connectivity index (χ2n) is 3.54. The van der Waals surface area contributed by atoms with Crippen molar-refractivity contribution >= 4 is 11.8 Å². The van der Waals surface area contributed by atoms with Crippen molar-refractivity contribution in [3.05, 3.63) is 23.9 Å². The van der Waals surface area contributed by atoms with Crippen LogP contribution >= 0.6 is 0 Å². The molecule has 0 bridgehead atoms. The summed E-state index contributed by atoms with van der Waals surface area (Å²) in [5.74, 6) is -0.590. The van der Waals surface area contributed by atoms with Crippen LogP contribution in [-0.2, 0) is 0 Å². The van der Waals surface area contributed by atoms with Gasteiger partial charge in [-0.1, -0.05) is 19.4 Å². The number of carboxylic acids is 1. The van der Waals surface area contributed by atoms with Crippen molar-refractivity contribution in [1.82, 2.24) is 4.98 Å². The van der Waals surface area contributed by atoms with Gasteiger partial charge in [0.15, 0.2) is 5.69 Å². The average molecular weight is 224 g/mol. The summed E-state index contributed by atoms with van der Waals surface area (Å²) in [4.78, 5) is 14.5. The third-order valence-corrected chi connectivity index (χ3v) is 2.11. The van der Waals surface area contributed by atoms with E-state index in [0.717, 1.165) is 6.42 Å². The van der Waals surface area contributed by atoms with Gasteiger partial charge in [0.2, 0.25) is 0 Å². The smallest absolute Gasteiger partial charge is 0.354 e. The summed E-state index contributed by atoms with van der Waals surface area (Å²) < 4.78 is 0. The molecule has 1 rings (SSSR count). The number of nitrogens with one attached hydrogen (secondary N) is 1. The Bertz CT molecular complexity index is 355. The molecular weight excluding hydrogens is 208 g/mol. The van der Waals surface area contributed by atoms with E-state index < -0.39 is 12.1 Å². The fourth-order valence-electron chi connectivity index (χ4n) is 1.31. The molecule has 1 unspecified atom stereocenters. The molecular formula is C11H16N2O3. The molecule has 0 fully saturated rings. The van der Waals surface area contributed by atoms with Gasteiger partial charge in [-0.2, -0.15) is 0 Å². The molecule has 0 spiro atoms. The van der Waals surface area contributed by atoms with Crippen LogP contribution in [0.1, 0.15) is 30.3 Å². The normalized spacial score (nSPS) is 12.1. The van der Waals surface area contributed by atoms with Crippen LogP contribution in [0.3, 0.4) is 0 Å². The van der Waals surface area contributed by atoms with Gasteiger partial charge in [0.05, 0.1) is 6.10 Å². The van der Waals surface area contributed by atoms with Gasteiger partial charge < -0.3 is 15.5 Å². The number of aromatic carboxylic acids is 1. The first kappa shape index (κ1) is 12.4. The monoisotopic (exact) mass is 224 g/mol. The van der Waals surface area contributed by atoms with E-state index in [4.69, 9.17) is 5.11 Å². The van der Waals surface area contributed by atoms with Gasteiger partial charge in [-0.3, -0.25) is 0 Å². The minimum atomic E-state index is -1.06. The first-order valence-electron chi connectivity index (χ1n) is 5.25. The number of carbonyl (C=O) groups is 1. The van der Waals surface area contributed by atoms with Gasteiger partial charge >= 0.3 is 5.97 Å². The summed E-state index contributed by atoms with van der Waals surface area (Å²) in [6.07, 6.45) is 1.19. The number of rotatable bonds is 6. The molecule has 0 radical (unpaired) electrons. The number of nitrogens with zero attached hydrogens (tertiary/aromatic N) is 1. The van der Waals surface area contributed by atoms with E-state index in [0.29, 0.717) is 18.8 Å². The van der Waals surface area contributed by atoms with Gasteiger partial charge in [0.1, 0.15) is 5.82 Å². The highest BCUT2D eigenvalue weighted by Gasteiger charge is 2.06. The summed E-state index contributed by atoms with van der Waals surface area (Å²) in [6.45, 7) is 2.37. The molecule has 88 valence electrons. The molecule has 0 amide bonds. The van der Waals surface area contributed by atoms with Crippen molar-refractivity contribution < 1.29 is 15.0 Å². The van der Waals surface area contributed by atoms with E-state index in [-0.39, 0.29) is 5.69 Å². The molecule has 1 aromatic rings. The fourth-order valence-corrected chi connectivity index (χ4v) is 1.31. The van der Waals surface area contributed by atoms with E-state index in [1.165, 1.54) is 6.07 Å². The summed E-state index contributed by atoms with van der Waals surface area (Å²) in [7, 11) is 0. The second-order valence-corrected chi connectivity index (χ2v) is 3.54. The minimum Gasteiger partial charge on any atom is -0.477 e. The van der Waals surface area contributed by atoms with Crippen LogP contribution in [-0.4, -0.2) is 33.8 Å². The van der Waals surface area contributed by atoms with E-state index in [2.05, 4.69) is 10.3 Å². The van der Waals surface area contributed by atoms with Crippen LogP contribution in [0.25, 0.3) is 0 Å². The van der Waals surface area contributed by atoms with Crippen molar-refractivity contribution in [3.8, 4) is 0 Å². The average Bonchev–Trinajstić information content (AvgIpc) is 2.27. The molecule has 0 aliphatic rings. The standard InChI is InChI=1S/C11H16N2O3/c1-2-4-8(14)7-12-10-6-3-5-9(13-10)11(15)16/h3,5-6,8,14H,2,4,7H2,1H3,(H,12,13)(H,15,16). The molecule has 1 heterocycles. The molecule has 0 aliphatic carbocycles. The van der Waals surface area contributed by atoms with Crippen molar-refractivity contribution in [2.45, 2.75) is 25.9 Å². The van der Waals surface area contributed by atoms with Crippen molar-refractivity contribution in [2.75, 3.05) is 11.9 Å². The first-order chi connectivity index (χ1) is 7.63. The van der Waals surface area contributed by atoms with Crippen LogP contribution in [0.5, 0.6) is 0 Å². The highest BCUT2D eigenvalue weighted by atomic mass is 16.4. The van der Waals surface area contributed by atoms with Crippen LogP contribution in [0.15, 0.2) is 18.2 Å². The van der Waals surface area contributed by atoms with Crippen molar-refractivity contribution in [2.24, 2.45) is 0 Å². The van der Waals surface area contributed by atoms with Gasteiger partial charge in [0, 0.05) is 6.54 Å². The van der Waals surface area contributed by atoms with Crippen molar-refractivity contribution in [3.63, 3.8) is 0 Å². The topological polar surface area (TPSA) is 82.5 Å². The Morgan fingerprint density at radius 1 is 1.56 bits per heavy atom. The number of hydrogen-bond acceptors (Lipinski definition) is 4. The van der Waals surface area contributed by atoms with Gasteiger partial charge in [-0.25, -0.2) is 9.78 Å². The summed E-state index contributed by atoms with van der Waals surface area (Å²) in [5.41, 5.74) is -0.00465. The molecule has 3 N–H and O–H groups in total. The predicted molar refractivity (Wildman–Crippen MR) is 60.6 cm³/mol. The number of aliphatic hydroxyl groups is 1. The number of hydrogen-bond donors (Lipinski definition) is 3. The SMILES string of the molecule is CCCC(O)CNc1cccc(C(=O)O)n1. The van der Waals surface area contributed by atoms with Crippen LogP contribution in [0.4, 0.5) is 5.82 Å². The minimum absolute atomic E-state index is 0.00465. The third kappa shape index (κ3) is 3.86. The van der Waals surface area contributed by atoms with E-state index in [1.54, 1.807) is 12.1 Å². The first-order valence-corrected chi connectivity index (χ1v) is 5.25. The van der Waals surface area contributed by atoms with E-state index in [9.17, 15) is 9.90 Å². The molecule has 0 aliphatic heterocycles. The fraction of sp³-hybridized carbons (Fsp3) is 0.455. The molecule has 0 aromatic carbocycles. The van der Waals surface area contributed by atoms with Crippen LogP contribution in [0.2, 0.25) is 0 Å². The van der Waals surface area contributed by atoms with E-state index in [1.807, 2.05) is 6.92 Å². The molecule has 16 heavy (non-hydrogen) atoms. The highest BCUT2D eigenvalue weighted by Crippen LogP contribution is 2.05. The summed E-state index contributed by atoms with van der Waals surface area (Å²) >= 11 is 0. The lowest BCUT2D eigenvalue weighted by molar-refractivity contribution is 0.0690. The maximum absolute atomic E-state index is 10.7. The van der Waals surface area contributed by atoms with Gasteiger partial charge in [-0.05, 0) is 18.6 Å². The second kappa shape index (κ2) is 6.07. The van der Waals surface area contributed by atoms with Gasteiger partial charge in [-0.15, -0.1) is 0 Å². The zero-order valence-electron chi connectivity index (χ0n) is 9.18. The maximum atomic E-state index is 10.7.